The molecule has 3 heterocycles. The van der Waals surface area contributed by atoms with Gasteiger partial charge in [-0.1, -0.05) is 30.3 Å². The van der Waals surface area contributed by atoms with Crippen LogP contribution in [0, 0.1) is 13.8 Å². The lowest BCUT2D eigenvalue weighted by Crippen LogP contribution is -2.52. The van der Waals surface area contributed by atoms with Crippen molar-refractivity contribution in [2.24, 2.45) is 0 Å². The number of rotatable bonds is 3. The summed E-state index contributed by atoms with van der Waals surface area (Å²) in [6.07, 6.45) is 2.66. The molecule has 2 unspecified atom stereocenters. The first kappa shape index (κ1) is 18.0. The Bertz CT molecular complexity index is 802. The number of aliphatic hydroxyl groups is 1. The number of pyridine rings is 1. The highest BCUT2D eigenvalue weighted by molar-refractivity contribution is 5.69. The highest BCUT2D eigenvalue weighted by atomic mass is 16.6. The highest BCUT2D eigenvalue weighted by Crippen LogP contribution is 2.46. The lowest BCUT2D eigenvalue weighted by Gasteiger charge is -2.43. The number of aromatic nitrogens is 1. The number of fused-ring (bicyclic) bond motifs is 2. The van der Waals surface area contributed by atoms with E-state index in [1.807, 2.05) is 61.2 Å². The molecule has 2 aliphatic rings. The topological polar surface area (TPSA) is 62.7 Å². The predicted molar refractivity (Wildman–Crippen MR) is 102 cm³/mol. The summed E-state index contributed by atoms with van der Waals surface area (Å²) >= 11 is 0. The smallest absolute Gasteiger partial charge is 0.410 e. The second-order valence-corrected chi connectivity index (χ2v) is 7.91. The molecule has 4 rings (SSSR count). The first-order valence-electron chi connectivity index (χ1n) is 9.62. The van der Waals surface area contributed by atoms with Crippen molar-refractivity contribution in [2.45, 2.75) is 63.8 Å². The average Bonchev–Trinajstić information content (AvgIpc) is 2.92. The van der Waals surface area contributed by atoms with E-state index in [-0.39, 0.29) is 24.8 Å². The largest absolute Gasteiger partial charge is 0.445 e. The zero-order chi connectivity index (χ0) is 19.0. The van der Waals surface area contributed by atoms with Gasteiger partial charge in [0.2, 0.25) is 0 Å². The molecule has 2 bridgehead atoms. The molecule has 142 valence electrons. The molecule has 0 spiro atoms. The highest BCUT2D eigenvalue weighted by Gasteiger charge is 2.50. The Balaban J connectivity index is 1.47. The molecule has 5 heteroatoms. The van der Waals surface area contributed by atoms with Crippen LogP contribution < -0.4 is 0 Å². The van der Waals surface area contributed by atoms with E-state index in [1.54, 1.807) is 0 Å². The Hall–Kier alpha value is -2.40. The number of hydrogen-bond acceptors (Lipinski definition) is 4. The number of hydrogen-bond donors (Lipinski definition) is 1. The van der Waals surface area contributed by atoms with Gasteiger partial charge >= 0.3 is 6.09 Å². The molecule has 1 aromatic carbocycles. The fraction of sp³-hybridized carbons (Fsp3) is 0.455. The first-order chi connectivity index (χ1) is 12.9. The molecule has 1 amide bonds. The van der Waals surface area contributed by atoms with Gasteiger partial charge in [-0.15, -0.1) is 0 Å². The van der Waals surface area contributed by atoms with Gasteiger partial charge in [0, 0.05) is 36.3 Å². The normalized spacial score (nSPS) is 26.9. The van der Waals surface area contributed by atoms with E-state index in [2.05, 4.69) is 4.98 Å². The van der Waals surface area contributed by atoms with Crippen molar-refractivity contribution in [2.75, 3.05) is 0 Å². The third-order valence-corrected chi connectivity index (χ3v) is 5.80. The summed E-state index contributed by atoms with van der Waals surface area (Å²) in [5.74, 6) is 0. The molecular formula is C22H26N2O3. The van der Waals surface area contributed by atoms with E-state index in [1.165, 1.54) is 0 Å². The Morgan fingerprint density at radius 3 is 2.33 bits per heavy atom. The summed E-state index contributed by atoms with van der Waals surface area (Å²) in [7, 11) is 0. The van der Waals surface area contributed by atoms with Gasteiger partial charge in [-0.05, 0) is 49.9 Å². The first-order valence-corrected chi connectivity index (χ1v) is 9.62. The SMILES string of the molecule is Cc1cc(C2(O)CC3CCC(C2)N3C(=O)OCc2ccccc2)cc(C)n1. The molecular weight excluding hydrogens is 340 g/mol. The van der Waals surface area contributed by atoms with Crippen molar-refractivity contribution in [3.63, 3.8) is 0 Å². The Morgan fingerprint density at radius 2 is 1.74 bits per heavy atom. The van der Waals surface area contributed by atoms with Gasteiger partial charge in [0.1, 0.15) is 6.61 Å². The van der Waals surface area contributed by atoms with Crippen molar-refractivity contribution in [3.05, 3.63) is 65.0 Å². The molecule has 2 aromatic rings. The average molecular weight is 366 g/mol. The number of carbonyl (C=O) groups excluding carboxylic acids is 1. The van der Waals surface area contributed by atoms with Crippen molar-refractivity contribution >= 4 is 6.09 Å². The molecule has 0 saturated carbocycles. The predicted octanol–water partition coefficient (Wildman–Crippen LogP) is 3.85. The quantitative estimate of drug-likeness (QED) is 0.896. The number of amides is 1. The maximum absolute atomic E-state index is 12.7. The standard InChI is InChI=1S/C22H26N2O3/c1-15-10-18(11-16(2)23-15)22(26)12-19-8-9-20(13-22)24(19)21(25)27-14-17-6-4-3-5-7-17/h3-7,10-11,19-20,26H,8-9,12-14H2,1-2H3. The monoisotopic (exact) mass is 366 g/mol. The summed E-state index contributed by atoms with van der Waals surface area (Å²) in [6, 6.07) is 13.7. The van der Waals surface area contributed by atoms with Gasteiger partial charge in [0.15, 0.2) is 0 Å². The van der Waals surface area contributed by atoms with E-state index in [9.17, 15) is 9.90 Å². The molecule has 2 saturated heterocycles. The lowest BCUT2D eigenvalue weighted by atomic mass is 9.80. The molecule has 2 aliphatic heterocycles. The van der Waals surface area contributed by atoms with Gasteiger partial charge in [-0.2, -0.15) is 0 Å². The van der Waals surface area contributed by atoms with Crippen LogP contribution in [0.15, 0.2) is 42.5 Å². The maximum atomic E-state index is 12.7. The van der Waals surface area contributed by atoms with Crippen LogP contribution in [-0.4, -0.2) is 33.2 Å². The Labute approximate surface area is 160 Å². The van der Waals surface area contributed by atoms with Crippen LogP contribution in [0.3, 0.4) is 0 Å². The van der Waals surface area contributed by atoms with E-state index in [0.29, 0.717) is 12.8 Å². The van der Waals surface area contributed by atoms with Crippen molar-refractivity contribution in [1.82, 2.24) is 9.88 Å². The van der Waals surface area contributed by atoms with Crippen molar-refractivity contribution < 1.29 is 14.6 Å². The number of benzene rings is 1. The molecule has 0 aliphatic carbocycles. The van der Waals surface area contributed by atoms with Gasteiger partial charge in [0.05, 0.1) is 5.60 Å². The summed E-state index contributed by atoms with van der Waals surface area (Å²) in [5, 5.41) is 11.4. The minimum atomic E-state index is -0.902. The van der Waals surface area contributed by atoms with Crippen LogP contribution in [0.4, 0.5) is 4.79 Å². The fourth-order valence-electron chi connectivity index (χ4n) is 4.66. The molecule has 0 radical (unpaired) electrons. The van der Waals surface area contributed by atoms with Crippen LogP contribution in [0.5, 0.6) is 0 Å². The Morgan fingerprint density at radius 1 is 1.15 bits per heavy atom. The summed E-state index contributed by atoms with van der Waals surface area (Å²) in [6.45, 7) is 4.18. The molecule has 27 heavy (non-hydrogen) atoms. The Kier molecular flexibility index (Phi) is 4.64. The summed E-state index contributed by atoms with van der Waals surface area (Å²) < 4.78 is 5.56. The van der Waals surface area contributed by atoms with Gasteiger partial charge in [0.25, 0.3) is 0 Å². The number of piperidine rings is 1. The molecule has 2 fully saturated rings. The maximum Gasteiger partial charge on any atom is 0.410 e. The minimum absolute atomic E-state index is 0.0193. The molecule has 1 N–H and O–H groups in total. The fourth-order valence-corrected chi connectivity index (χ4v) is 4.66. The van der Waals surface area contributed by atoms with Gasteiger partial charge in [-0.25, -0.2) is 4.79 Å². The number of aryl methyl sites for hydroxylation is 2. The van der Waals surface area contributed by atoms with Gasteiger partial charge < -0.3 is 14.7 Å². The zero-order valence-electron chi connectivity index (χ0n) is 15.9. The van der Waals surface area contributed by atoms with Crippen LogP contribution in [0.2, 0.25) is 0 Å². The summed E-state index contributed by atoms with van der Waals surface area (Å²) in [5.41, 5.74) is 2.82. The van der Waals surface area contributed by atoms with Gasteiger partial charge in [-0.3, -0.25) is 4.98 Å². The zero-order valence-corrected chi connectivity index (χ0v) is 15.9. The number of ether oxygens (including phenoxy) is 1. The summed E-state index contributed by atoms with van der Waals surface area (Å²) in [4.78, 5) is 19.0. The second-order valence-electron chi connectivity index (χ2n) is 7.91. The number of nitrogens with zero attached hydrogens (tertiary/aromatic N) is 2. The van der Waals surface area contributed by atoms with Crippen LogP contribution in [0.25, 0.3) is 0 Å². The van der Waals surface area contributed by atoms with E-state index in [4.69, 9.17) is 4.74 Å². The minimum Gasteiger partial charge on any atom is -0.445 e. The van der Waals surface area contributed by atoms with E-state index < -0.39 is 5.60 Å². The molecule has 1 aromatic heterocycles. The van der Waals surface area contributed by atoms with Crippen LogP contribution in [-0.2, 0) is 16.9 Å². The van der Waals surface area contributed by atoms with E-state index >= 15 is 0 Å². The van der Waals surface area contributed by atoms with Crippen LogP contribution in [0.1, 0.15) is 48.2 Å². The molecule has 2 atom stereocenters. The van der Waals surface area contributed by atoms with Crippen molar-refractivity contribution in [3.8, 4) is 0 Å². The third kappa shape index (κ3) is 3.56. The number of carbonyl (C=O) groups is 1. The van der Waals surface area contributed by atoms with Crippen molar-refractivity contribution in [1.29, 1.82) is 0 Å². The second kappa shape index (κ2) is 6.97. The lowest BCUT2D eigenvalue weighted by molar-refractivity contribution is -0.0538. The van der Waals surface area contributed by atoms with E-state index in [0.717, 1.165) is 35.4 Å². The third-order valence-electron chi connectivity index (χ3n) is 5.80. The van der Waals surface area contributed by atoms with Crippen LogP contribution >= 0.6 is 0 Å². The molecule has 5 nitrogen and oxygen atoms in total.